The van der Waals surface area contributed by atoms with Crippen LogP contribution in [0.5, 0.6) is 0 Å². The van der Waals surface area contributed by atoms with Gasteiger partial charge in [0.25, 0.3) is 0 Å². The quantitative estimate of drug-likeness (QED) is 0.836. The summed E-state index contributed by atoms with van der Waals surface area (Å²) in [7, 11) is 0. The summed E-state index contributed by atoms with van der Waals surface area (Å²) < 4.78 is 0. The fourth-order valence-electron chi connectivity index (χ4n) is 5.26. The largest absolute Gasteiger partial charge is 0.339 e. The van der Waals surface area contributed by atoms with Crippen LogP contribution in [-0.2, 0) is 4.79 Å². The van der Waals surface area contributed by atoms with Crippen molar-refractivity contribution in [1.82, 2.24) is 10.2 Å². The van der Waals surface area contributed by atoms with Crippen molar-refractivity contribution in [3.63, 3.8) is 0 Å². The van der Waals surface area contributed by atoms with Crippen LogP contribution in [0.3, 0.4) is 0 Å². The number of carbonyl (C=O) groups is 1. The molecule has 0 radical (unpaired) electrons. The highest BCUT2D eigenvalue weighted by molar-refractivity contribution is 5.93. The molecule has 4 heteroatoms. The SMILES string of the molecule is CC1(N2CCC3(CC2)C(=O)NCN3c2ccccc2)CCCCCC1. The summed E-state index contributed by atoms with van der Waals surface area (Å²) in [5.74, 6) is 0.224. The van der Waals surface area contributed by atoms with Gasteiger partial charge in [-0.1, -0.05) is 43.9 Å². The molecule has 0 unspecified atom stereocenters. The van der Waals surface area contributed by atoms with Crippen molar-refractivity contribution < 1.29 is 4.79 Å². The van der Waals surface area contributed by atoms with Gasteiger partial charge < -0.3 is 10.2 Å². The Kier molecular flexibility index (Phi) is 4.48. The van der Waals surface area contributed by atoms with Crippen molar-refractivity contribution in [2.75, 3.05) is 24.7 Å². The summed E-state index contributed by atoms with van der Waals surface area (Å²) in [4.78, 5) is 17.8. The lowest BCUT2D eigenvalue weighted by Gasteiger charge is -2.49. The molecule has 1 saturated carbocycles. The Morgan fingerprint density at radius 3 is 2.20 bits per heavy atom. The van der Waals surface area contributed by atoms with E-state index < -0.39 is 0 Å². The van der Waals surface area contributed by atoms with E-state index in [9.17, 15) is 4.79 Å². The van der Waals surface area contributed by atoms with E-state index >= 15 is 0 Å². The molecule has 3 fully saturated rings. The minimum atomic E-state index is -0.348. The van der Waals surface area contributed by atoms with Gasteiger partial charge in [-0.3, -0.25) is 9.69 Å². The topological polar surface area (TPSA) is 35.6 Å². The number of carbonyl (C=O) groups excluding carboxylic acids is 1. The Hall–Kier alpha value is -1.55. The Bertz CT molecular complexity index is 599. The van der Waals surface area contributed by atoms with Gasteiger partial charge in [-0.05, 0) is 44.7 Å². The zero-order valence-corrected chi connectivity index (χ0v) is 15.5. The Morgan fingerprint density at radius 1 is 0.920 bits per heavy atom. The number of nitrogens with zero attached hydrogens (tertiary/aromatic N) is 2. The molecule has 4 rings (SSSR count). The predicted molar refractivity (Wildman–Crippen MR) is 102 cm³/mol. The van der Waals surface area contributed by atoms with Crippen molar-refractivity contribution in [3.05, 3.63) is 30.3 Å². The third kappa shape index (κ3) is 2.95. The molecule has 2 aliphatic heterocycles. The number of benzene rings is 1. The highest BCUT2D eigenvalue weighted by atomic mass is 16.2. The van der Waals surface area contributed by atoms with E-state index in [1.165, 1.54) is 38.5 Å². The number of para-hydroxylation sites is 1. The predicted octanol–water partition coefficient (Wildman–Crippen LogP) is 3.53. The third-order valence-electron chi connectivity index (χ3n) is 6.94. The van der Waals surface area contributed by atoms with Crippen molar-refractivity contribution >= 4 is 11.6 Å². The fraction of sp³-hybridized carbons (Fsp3) is 0.667. The van der Waals surface area contributed by atoms with Crippen LogP contribution in [0.15, 0.2) is 30.3 Å². The van der Waals surface area contributed by atoms with E-state index in [0.29, 0.717) is 12.2 Å². The van der Waals surface area contributed by atoms with Gasteiger partial charge in [-0.25, -0.2) is 0 Å². The average Bonchev–Trinajstić information content (AvgIpc) is 2.81. The highest BCUT2D eigenvalue weighted by Gasteiger charge is 2.51. The van der Waals surface area contributed by atoms with Crippen molar-refractivity contribution in [3.8, 4) is 0 Å². The maximum absolute atomic E-state index is 12.8. The minimum absolute atomic E-state index is 0.224. The number of hydrogen-bond donors (Lipinski definition) is 1. The number of anilines is 1. The number of likely N-dealkylation sites (tertiary alicyclic amines) is 1. The van der Waals surface area contributed by atoms with Crippen LogP contribution in [0, 0.1) is 0 Å². The Labute approximate surface area is 151 Å². The van der Waals surface area contributed by atoms with Crippen molar-refractivity contribution in [1.29, 1.82) is 0 Å². The summed E-state index contributed by atoms with van der Waals surface area (Å²) in [5.41, 5.74) is 1.15. The summed E-state index contributed by atoms with van der Waals surface area (Å²) in [6.07, 6.45) is 9.98. The maximum atomic E-state index is 12.8. The zero-order chi connectivity index (χ0) is 17.3. The normalized spacial score (nSPS) is 26.4. The molecule has 2 saturated heterocycles. The van der Waals surface area contributed by atoms with E-state index in [0.717, 1.165) is 31.6 Å². The zero-order valence-electron chi connectivity index (χ0n) is 15.5. The van der Waals surface area contributed by atoms with Crippen LogP contribution in [-0.4, -0.2) is 41.6 Å². The third-order valence-corrected chi connectivity index (χ3v) is 6.94. The number of nitrogens with one attached hydrogen (secondary N) is 1. The molecule has 2 heterocycles. The van der Waals surface area contributed by atoms with E-state index in [1.54, 1.807) is 0 Å². The molecule has 0 aromatic heterocycles. The second-order valence-electron chi connectivity index (χ2n) is 8.36. The van der Waals surface area contributed by atoms with Gasteiger partial charge in [-0.15, -0.1) is 0 Å². The van der Waals surface area contributed by atoms with Crippen LogP contribution in [0.2, 0.25) is 0 Å². The average molecular weight is 341 g/mol. The van der Waals surface area contributed by atoms with Gasteiger partial charge in [0.05, 0.1) is 6.67 Å². The number of piperidine rings is 1. The van der Waals surface area contributed by atoms with Gasteiger partial charge in [-0.2, -0.15) is 0 Å². The second kappa shape index (κ2) is 6.64. The molecule has 4 nitrogen and oxygen atoms in total. The molecule has 136 valence electrons. The van der Waals surface area contributed by atoms with E-state index in [2.05, 4.69) is 46.3 Å². The highest BCUT2D eigenvalue weighted by Crippen LogP contribution is 2.40. The summed E-state index contributed by atoms with van der Waals surface area (Å²) in [5, 5.41) is 3.11. The van der Waals surface area contributed by atoms with E-state index in [-0.39, 0.29) is 11.4 Å². The molecule has 1 aliphatic carbocycles. The molecule has 0 atom stereocenters. The monoisotopic (exact) mass is 341 g/mol. The van der Waals surface area contributed by atoms with Gasteiger partial charge in [0, 0.05) is 24.3 Å². The molecular formula is C21H31N3O. The Balaban J connectivity index is 1.52. The number of rotatable bonds is 2. The minimum Gasteiger partial charge on any atom is -0.339 e. The van der Waals surface area contributed by atoms with Crippen LogP contribution in [0.25, 0.3) is 0 Å². The Morgan fingerprint density at radius 2 is 1.56 bits per heavy atom. The molecule has 1 N–H and O–H groups in total. The molecular weight excluding hydrogens is 310 g/mol. The van der Waals surface area contributed by atoms with Gasteiger partial charge in [0.15, 0.2) is 0 Å². The van der Waals surface area contributed by atoms with Crippen LogP contribution >= 0.6 is 0 Å². The first-order valence-corrected chi connectivity index (χ1v) is 10.0. The van der Waals surface area contributed by atoms with E-state index in [4.69, 9.17) is 0 Å². The lowest BCUT2D eigenvalue weighted by atomic mass is 9.81. The first-order valence-electron chi connectivity index (χ1n) is 10.0. The lowest BCUT2D eigenvalue weighted by Crippen LogP contribution is -2.60. The van der Waals surface area contributed by atoms with Crippen molar-refractivity contribution in [2.45, 2.75) is 69.4 Å². The lowest BCUT2D eigenvalue weighted by molar-refractivity contribution is -0.125. The molecule has 1 amide bonds. The summed E-state index contributed by atoms with van der Waals surface area (Å²) in [6, 6.07) is 10.4. The molecule has 1 aromatic rings. The molecule has 1 aromatic carbocycles. The molecule has 0 bridgehead atoms. The van der Waals surface area contributed by atoms with Gasteiger partial charge in [0.2, 0.25) is 5.91 Å². The van der Waals surface area contributed by atoms with Crippen LogP contribution in [0.1, 0.15) is 58.3 Å². The summed E-state index contributed by atoms with van der Waals surface area (Å²) >= 11 is 0. The van der Waals surface area contributed by atoms with Gasteiger partial charge >= 0.3 is 0 Å². The summed E-state index contributed by atoms with van der Waals surface area (Å²) in [6.45, 7) is 5.17. The fourth-order valence-corrected chi connectivity index (χ4v) is 5.26. The van der Waals surface area contributed by atoms with E-state index in [1.807, 2.05) is 6.07 Å². The second-order valence-corrected chi connectivity index (χ2v) is 8.36. The molecule has 3 aliphatic rings. The number of amides is 1. The van der Waals surface area contributed by atoms with Gasteiger partial charge in [0.1, 0.15) is 5.54 Å². The van der Waals surface area contributed by atoms with Crippen LogP contribution < -0.4 is 10.2 Å². The van der Waals surface area contributed by atoms with Crippen molar-refractivity contribution in [2.24, 2.45) is 0 Å². The smallest absolute Gasteiger partial charge is 0.247 e. The van der Waals surface area contributed by atoms with Crippen LogP contribution in [0.4, 0.5) is 5.69 Å². The molecule has 25 heavy (non-hydrogen) atoms. The standard InChI is InChI=1S/C21H31N3O/c1-20(11-7-2-3-8-12-20)23-15-13-21(14-16-23)19(25)22-17-24(21)18-9-5-4-6-10-18/h4-6,9-10H,2-3,7-8,11-17H2,1H3,(H,22,25). The first kappa shape index (κ1) is 16.9. The number of hydrogen-bond acceptors (Lipinski definition) is 3. The molecule has 1 spiro atoms. The maximum Gasteiger partial charge on any atom is 0.247 e. The first-order chi connectivity index (χ1) is 12.1.